The number of benzene rings is 1. The first-order valence-corrected chi connectivity index (χ1v) is 9.90. The Hall–Kier alpha value is -2.38. The normalized spacial score (nSPS) is 15.3. The van der Waals surface area contributed by atoms with Gasteiger partial charge in [-0.1, -0.05) is 6.07 Å². The van der Waals surface area contributed by atoms with E-state index in [1.807, 2.05) is 25.1 Å². The van der Waals surface area contributed by atoms with E-state index in [0.29, 0.717) is 11.5 Å². The van der Waals surface area contributed by atoms with E-state index >= 15 is 0 Å². The van der Waals surface area contributed by atoms with Crippen molar-refractivity contribution in [1.82, 2.24) is 9.97 Å². The molecule has 4 rings (SSSR count). The Morgan fingerprint density at radius 1 is 1.11 bits per heavy atom. The third-order valence-corrected chi connectivity index (χ3v) is 5.86. The molecule has 6 nitrogen and oxygen atoms in total. The minimum Gasteiger partial charge on any atom is -0.493 e. The third kappa shape index (κ3) is 3.33. The van der Waals surface area contributed by atoms with Crippen LogP contribution < -0.4 is 14.4 Å². The highest BCUT2D eigenvalue weighted by Crippen LogP contribution is 2.41. The zero-order valence-corrected chi connectivity index (χ0v) is 16.5. The smallest absolute Gasteiger partial charge is 0.161 e. The van der Waals surface area contributed by atoms with Gasteiger partial charge in [-0.3, -0.25) is 0 Å². The summed E-state index contributed by atoms with van der Waals surface area (Å²) in [4.78, 5) is 12.7. The molecule has 1 N–H and O–H groups in total. The summed E-state index contributed by atoms with van der Waals surface area (Å²) < 4.78 is 10.8. The molecule has 0 unspecified atom stereocenters. The van der Waals surface area contributed by atoms with Crippen molar-refractivity contribution in [2.24, 2.45) is 0 Å². The Bertz CT molecular complexity index is 965. The van der Waals surface area contributed by atoms with Crippen LogP contribution in [-0.2, 0) is 0 Å². The van der Waals surface area contributed by atoms with Gasteiger partial charge in [-0.15, -0.1) is 11.3 Å². The highest BCUT2D eigenvalue weighted by Gasteiger charge is 2.23. The first kappa shape index (κ1) is 18.0. The summed E-state index contributed by atoms with van der Waals surface area (Å²) in [6.45, 7) is 3.53. The van der Waals surface area contributed by atoms with E-state index in [1.54, 1.807) is 25.6 Å². The Morgan fingerprint density at radius 3 is 2.56 bits per heavy atom. The number of aromatic nitrogens is 2. The predicted octanol–water partition coefficient (Wildman–Crippen LogP) is 3.65. The summed E-state index contributed by atoms with van der Waals surface area (Å²) in [6.07, 6.45) is 1.31. The fourth-order valence-corrected chi connectivity index (χ4v) is 4.54. The van der Waals surface area contributed by atoms with Crippen LogP contribution >= 0.6 is 11.3 Å². The van der Waals surface area contributed by atoms with Crippen molar-refractivity contribution < 1.29 is 14.6 Å². The van der Waals surface area contributed by atoms with Crippen molar-refractivity contribution in [2.75, 3.05) is 32.2 Å². The van der Waals surface area contributed by atoms with Gasteiger partial charge in [0.05, 0.1) is 25.7 Å². The molecular formula is C20H23N3O3S. The van der Waals surface area contributed by atoms with Crippen molar-refractivity contribution in [3.63, 3.8) is 0 Å². The van der Waals surface area contributed by atoms with Gasteiger partial charge < -0.3 is 19.5 Å². The minimum absolute atomic E-state index is 0.215. The molecule has 0 spiro atoms. The van der Waals surface area contributed by atoms with E-state index in [9.17, 15) is 5.11 Å². The number of hydrogen-bond donors (Lipinski definition) is 1. The fraction of sp³-hybridized carbons (Fsp3) is 0.400. The monoisotopic (exact) mass is 385 g/mol. The van der Waals surface area contributed by atoms with Crippen LogP contribution in [0.2, 0.25) is 0 Å². The van der Waals surface area contributed by atoms with E-state index < -0.39 is 0 Å². The molecule has 142 valence electrons. The van der Waals surface area contributed by atoms with E-state index in [4.69, 9.17) is 14.5 Å². The van der Waals surface area contributed by atoms with Crippen molar-refractivity contribution in [3.05, 3.63) is 29.4 Å². The second-order valence-electron chi connectivity index (χ2n) is 6.71. The molecule has 3 aromatic rings. The van der Waals surface area contributed by atoms with Crippen LogP contribution in [0.5, 0.6) is 11.5 Å². The zero-order valence-electron chi connectivity index (χ0n) is 15.7. The zero-order chi connectivity index (χ0) is 19.0. The molecular weight excluding hydrogens is 362 g/mol. The van der Waals surface area contributed by atoms with Gasteiger partial charge in [0.2, 0.25) is 0 Å². The summed E-state index contributed by atoms with van der Waals surface area (Å²) >= 11 is 1.63. The maximum absolute atomic E-state index is 9.86. The number of rotatable bonds is 4. The second kappa shape index (κ2) is 7.32. The lowest BCUT2D eigenvalue weighted by molar-refractivity contribution is 0.145. The van der Waals surface area contributed by atoms with Crippen LogP contribution in [0, 0.1) is 6.92 Å². The highest BCUT2D eigenvalue weighted by molar-refractivity contribution is 7.17. The average Bonchev–Trinajstić information content (AvgIpc) is 3.11. The number of thiophene rings is 1. The lowest BCUT2D eigenvalue weighted by Crippen LogP contribution is -2.36. The van der Waals surface area contributed by atoms with Crippen LogP contribution in [0.15, 0.2) is 23.6 Å². The quantitative estimate of drug-likeness (QED) is 0.739. The molecule has 0 radical (unpaired) electrons. The molecule has 3 heterocycles. The summed E-state index contributed by atoms with van der Waals surface area (Å²) in [6, 6.07) is 5.94. The van der Waals surface area contributed by atoms with Crippen molar-refractivity contribution in [1.29, 1.82) is 0 Å². The molecule has 1 saturated heterocycles. The number of ether oxygens (including phenoxy) is 2. The number of aryl methyl sites for hydroxylation is 1. The fourth-order valence-electron chi connectivity index (χ4n) is 3.55. The first-order valence-electron chi connectivity index (χ1n) is 9.02. The van der Waals surface area contributed by atoms with Gasteiger partial charge in [0.25, 0.3) is 0 Å². The Balaban J connectivity index is 1.85. The Morgan fingerprint density at radius 2 is 1.85 bits per heavy atom. The third-order valence-electron chi connectivity index (χ3n) is 4.98. The molecule has 0 atom stereocenters. The molecule has 0 bridgehead atoms. The number of nitrogens with zero attached hydrogens (tertiary/aromatic N) is 3. The molecule has 0 amide bonds. The largest absolute Gasteiger partial charge is 0.493 e. The molecule has 7 heteroatoms. The average molecular weight is 385 g/mol. The molecule has 27 heavy (non-hydrogen) atoms. The van der Waals surface area contributed by atoms with Crippen molar-refractivity contribution in [2.45, 2.75) is 25.9 Å². The SMILES string of the molecule is COc1ccc(-c2csc3nc(C)nc(N4CCC(O)CC4)c23)cc1OC. The topological polar surface area (TPSA) is 67.7 Å². The lowest BCUT2D eigenvalue weighted by atomic mass is 10.0. The number of aliphatic hydroxyl groups is 1. The molecule has 1 aliphatic rings. The number of hydrogen-bond acceptors (Lipinski definition) is 7. The van der Waals surface area contributed by atoms with Gasteiger partial charge in [-0.2, -0.15) is 0 Å². The maximum atomic E-state index is 9.86. The highest BCUT2D eigenvalue weighted by atomic mass is 32.1. The Kier molecular flexibility index (Phi) is 4.88. The first-order chi connectivity index (χ1) is 13.1. The number of piperidine rings is 1. The number of anilines is 1. The van der Waals surface area contributed by atoms with Gasteiger partial charge in [0.15, 0.2) is 11.5 Å². The number of aliphatic hydroxyl groups excluding tert-OH is 1. The van der Waals surface area contributed by atoms with E-state index in [0.717, 1.165) is 58.9 Å². The van der Waals surface area contributed by atoms with Crippen molar-refractivity contribution in [3.8, 4) is 22.6 Å². The summed E-state index contributed by atoms with van der Waals surface area (Å²) in [5, 5.41) is 13.0. The van der Waals surface area contributed by atoms with Gasteiger partial charge in [-0.05, 0) is 37.5 Å². The van der Waals surface area contributed by atoms with Gasteiger partial charge in [0, 0.05) is 24.0 Å². The summed E-state index contributed by atoms with van der Waals surface area (Å²) in [5.41, 5.74) is 2.14. The summed E-state index contributed by atoms with van der Waals surface area (Å²) in [5.74, 6) is 3.13. The second-order valence-corrected chi connectivity index (χ2v) is 7.57. The molecule has 0 aliphatic carbocycles. The van der Waals surface area contributed by atoms with E-state index in [-0.39, 0.29) is 6.10 Å². The van der Waals surface area contributed by atoms with E-state index in [2.05, 4.69) is 15.3 Å². The Labute approximate surface area is 162 Å². The minimum atomic E-state index is -0.215. The van der Waals surface area contributed by atoms with Crippen LogP contribution in [0.25, 0.3) is 21.3 Å². The van der Waals surface area contributed by atoms with Gasteiger partial charge >= 0.3 is 0 Å². The summed E-state index contributed by atoms with van der Waals surface area (Å²) in [7, 11) is 3.28. The van der Waals surface area contributed by atoms with Crippen molar-refractivity contribution >= 4 is 27.4 Å². The van der Waals surface area contributed by atoms with Crippen LogP contribution in [0.4, 0.5) is 5.82 Å². The molecule has 1 fully saturated rings. The van der Waals surface area contributed by atoms with E-state index in [1.165, 1.54) is 0 Å². The lowest BCUT2D eigenvalue weighted by Gasteiger charge is -2.31. The van der Waals surface area contributed by atoms with Gasteiger partial charge in [-0.25, -0.2) is 9.97 Å². The van der Waals surface area contributed by atoms with Gasteiger partial charge in [0.1, 0.15) is 16.5 Å². The molecule has 2 aromatic heterocycles. The van der Waals surface area contributed by atoms with Crippen LogP contribution in [0.3, 0.4) is 0 Å². The molecule has 0 saturated carbocycles. The standard InChI is InChI=1S/C20H23N3O3S/c1-12-21-19(23-8-6-14(24)7-9-23)18-15(11-27-20(18)22-12)13-4-5-16(25-2)17(10-13)26-3/h4-5,10-11,14,24H,6-9H2,1-3H3. The van der Waals surface area contributed by atoms with Crippen LogP contribution in [0.1, 0.15) is 18.7 Å². The van der Waals surface area contributed by atoms with Crippen LogP contribution in [-0.4, -0.2) is 48.5 Å². The number of methoxy groups -OCH3 is 2. The molecule has 1 aliphatic heterocycles. The maximum Gasteiger partial charge on any atom is 0.161 e. The molecule has 1 aromatic carbocycles. The number of fused-ring (bicyclic) bond motifs is 1. The predicted molar refractivity (Wildman–Crippen MR) is 108 cm³/mol.